The molecular formula is C6H6NiO+2. The van der Waals surface area contributed by atoms with Gasteiger partial charge in [-0.1, -0.05) is 18.2 Å². The van der Waals surface area contributed by atoms with Crippen molar-refractivity contribution in [2.45, 2.75) is 0 Å². The molecule has 0 saturated heterocycles. The summed E-state index contributed by atoms with van der Waals surface area (Å²) in [5.41, 5.74) is 0. The van der Waals surface area contributed by atoms with Crippen LogP contribution in [0.15, 0.2) is 30.3 Å². The van der Waals surface area contributed by atoms with Crippen LogP contribution in [0.4, 0.5) is 0 Å². The van der Waals surface area contributed by atoms with Gasteiger partial charge in [-0.3, -0.25) is 0 Å². The Morgan fingerprint density at radius 1 is 1.00 bits per heavy atom. The molecule has 0 aromatic heterocycles. The Hall–Kier alpha value is -0.486. The molecule has 1 aromatic rings. The van der Waals surface area contributed by atoms with Crippen LogP contribution in [0, 0.1) is 0 Å². The van der Waals surface area contributed by atoms with Gasteiger partial charge in [0, 0.05) is 0 Å². The van der Waals surface area contributed by atoms with E-state index >= 15 is 0 Å². The second-order valence-electron chi connectivity index (χ2n) is 1.34. The van der Waals surface area contributed by atoms with Crippen LogP contribution in [0.2, 0.25) is 0 Å². The summed E-state index contributed by atoms with van der Waals surface area (Å²) in [6.07, 6.45) is 0. The Labute approximate surface area is 58.3 Å². The van der Waals surface area contributed by atoms with Gasteiger partial charge in [0.2, 0.25) is 0 Å². The normalized spacial score (nSPS) is 7.50. The maximum atomic E-state index is 8.63. The first kappa shape index (κ1) is 7.51. The van der Waals surface area contributed by atoms with Gasteiger partial charge >= 0.3 is 16.5 Å². The summed E-state index contributed by atoms with van der Waals surface area (Å²) >= 11 is 0. The number of hydrogen-bond donors (Lipinski definition) is 1. The Morgan fingerprint density at radius 2 is 1.50 bits per heavy atom. The minimum absolute atomic E-state index is 0. The number of para-hydroxylation sites is 1. The van der Waals surface area contributed by atoms with E-state index in [1.54, 1.807) is 24.3 Å². The van der Waals surface area contributed by atoms with Crippen molar-refractivity contribution >= 4 is 0 Å². The van der Waals surface area contributed by atoms with Crippen molar-refractivity contribution in [3.8, 4) is 5.75 Å². The summed E-state index contributed by atoms with van der Waals surface area (Å²) in [4.78, 5) is 0. The third-order valence-electron chi connectivity index (χ3n) is 0.756. The standard InChI is InChI=1S/C6H6O.Ni/c7-6-4-2-1-3-5-6;/h1-5,7H;/q;+2. The number of phenols is 1. The van der Waals surface area contributed by atoms with E-state index in [1.165, 1.54) is 0 Å². The molecule has 0 aliphatic rings. The number of rotatable bonds is 0. The second kappa shape index (κ2) is 3.51. The van der Waals surface area contributed by atoms with Crippen molar-refractivity contribution in [1.29, 1.82) is 0 Å². The van der Waals surface area contributed by atoms with Gasteiger partial charge in [0.05, 0.1) is 0 Å². The number of hydrogen-bond acceptors (Lipinski definition) is 1. The molecule has 0 heterocycles. The van der Waals surface area contributed by atoms with Gasteiger partial charge in [-0.25, -0.2) is 0 Å². The summed E-state index contributed by atoms with van der Waals surface area (Å²) in [6.45, 7) is 0. The molecule has 1 rings (SSSR count). The maximum Gasteiger partial charge on any atom is 2.00 e. The molecule has 0 fully saturated rings. The fourth-order valence-electron chi connectivity index (χ4n) is 0.428. The molecule has 1 nitrogen and oxygen atoms in total. The van der Waals surface area contributed by atoms with Gasteiger partial charge in [0.1, 0.15) is 5.75 Å². The van der Waals surface area contributed by atoms with Crippen LogP contribution < -0.4 is 0 Å². The molecule has 0 radical (unpaired) electrons. The quantitative estimate of drug-likeness (QED) is 0.558. The van der Waals surface area contributed by atoms with Crippen molar-refractivity contribution in [3.05, 3.63) is 30.3 Å². The molecule has 1 aromatic carbocycles. The van der Waals surface area contributed by atoms with Crippen LogP contribution in [-0.4, -0.2) is 5.11 Å². The van der Waals surface area contributed by atoms with E-state index in [-0.39, 0.29) is 16.5 Å². The molecule has 1 N–H and O–H groups in total. The predicted molar refractivity (Wildman–Crippen MR) is 28.1 cm³/mol. The fraction of sp³-hybridized carbons (Fsp3) is 0. The first-order valence-electron chi connectivity index (χ1n) is 2.13. The van der Waals surface area contributed by atoms with Crippen LogP contribution in [0.1, 0.15) is 0 Å². The summed E-state index contributed by atoms with van der Waals surface area (Å²) < 4.78 is 0. The first-order valence-corrected chi connectivity index (χ1v) is 2.13. The average molecular weight is 153 g/mol. The van der Waals surface area contributed by atoms with Gasteiger partial charge in [-0.2, -0.15) is 0 Å². The molecule has 0 unspecified atom stereocenters. The number of aromatic hydroxyl groups is 1. The molecule has 2 heteroatoms. The monoisotopic (exact) mass is 152 g/mol. The van der Waals surface area contributed by atoms with Crippen molar-refractivity contribution < 1.29 is 21.6 Å². The van der Waals surface area contributed by atoms with Crippen LogP contribution >= 0.6 is 0 Å². The van der Waals surface area contributed by atoms with Crippen molar-refractivity contribution in [1.82, 2.24) is 0 Å². The third kappa shape index (κ3) is 1.99. The SMILES string of the molecule is Oc1ccccc1.[Ni+2]. The van der Waals surface area contributed by atoms with E-state index in [4.69, 9.17) is 5.11 Å². The minimum atomic E-state index is 0. The van der Waals surface area contributed by atoms with Crippen molar-refractivity contribution in [2.24, 2.45) is 0 Å². The van der Waals surface area contributed by atoms with E-state index in [0.29, 0.717) is 5.75 Å². The van der Waals surface area contributed by atoms with Gasteiger partial charge < -0.3 is 5.11 Å². The van der Waals surface area contributed by atoms with E-state index in [0.717, 1.165) is 0 Å². The van der Waals surface area contributed by atoms with E-state index in [2.05, 4.69) is 0 Å². The molecule has 0 spiro atoms. The number of phenolic OH excluding ortho intramolecular Hbond substituents is 1. The Morgan fingerprint density at radius 3 is 1.75 bits per heavy atom. The molecule has 0 aliphatic heterocycles. The molecule has 0 amide bonds. The van der Waals surface area contributed by atoms with Crippen LogP contribution in [0.25, 0.3) is 0 Å². The first-order chi connectivity index (χ1) is 3.39. The molecule has 0 aliphatic carbocycles. The topological polar surface area (TPSA) is 20.2 Å². The molecule has 8 heavy (non-hydrogen) atoms. The van der Waals surface area contributed by atoms with E-state index < -0.39 is 0 Å². The zero-order valence-corrected chi connectivity index (χ0v) is 5.14. The van der Waals surface area contributed by atoms with Gasteiger partial charge in [0.25, 0.3) is 0 Å². The molecule has 0 bridgehead atoms. The summed E-state index contributed by atoms with van der Waals surface area (Å²) in [5.74, 6) is 0.322. The fourth-order valence-corrected chi connectivity index (χ4v) is 0.428. The number of benzene rings is 1. The minimum Gasteiger partial charge on any atom is -0.508 e. The van der Waals surface area contributed by atoms with Gasteiger partial charge in [0.15, 0.2) is 0 Å². The average Bonchev–Trinajstić information content (AvgIpc) is 1.69. The molecule has 44 valence electrons. The Kier molecular flexibility index (Phi) is 3.29. The Bertz CT molecular complexity index is 138. The molecular weight excluding hydrogens is 147 g/mol. The largest absolute Gasteiger partial charge is 2.00 e. The smallest absolute Gasteiger partial charge is 0.508 e. The van der Waals surface area contributed by atoms with Gasteiger partial charge in [-0.05, 0) is 12.1 Å². The van der Waals surface area contributed by atoms with Crippen molar-refractivity contribution in [2.75, 3.05) is 0 Å². The molecule has 0 saturated carbocycles. The molecule has 0 atom stereocenters. The van der Waals surface area contributed by atoms with E-state index in [9.17, 15) is 0 Å². The Balaban J connectivity index is 0.000000490. The summed E-state index contributed by atoms with van der Waals surface area (Å²) in [7, 11) is 0. The maximum absolute atomic E-state index is 8.63. The zero-order valence-electron chi connectivity index (χ0n) is 4.15. The van der Waals surface area contributed by atoms with Crippen LogP contribution in [0.3, 0.4) is 0 Å². The van der Waals surface area contributed by atoms with Crippen LogP contribution in [-0.2, 0) is 16.5 Å². The van der Waals surface area contributed by atoms with Crippen LogP contribution in [0.5, 0.6) is 5.75 Å². The van der Waals surface area contributed by atoms with E-state index in [1.807, 2.05) is 6.07 Å². The van der Waals surface area contributed by atoms with Gasteiger partial charge in [-0.15, -0.1) is 0 Å². The zero-order chi connectivity index (χ0) is 5.11. The summed E-state index contributed by atoms with van der Waals surface area (Å²) in [6, 6.07) is 8.71. The second-order valence-corrected chi connectivity index (χ2v) is 1.34. The predicted octanol–water partition coefficient (Wildman–Crippen LogP) is 1.39. The third-order valence-corrected chi connectivity index (χ3v) is 0.756. The summed E-state index contributed by atoms with van der Waals surface area (Å²) in [5, 5.41) is 8.63. The van der Waals surface area contributed by atoms with Crippen molar-refractivity contribution in [3.63, 3.8) is 0 Å².